The summed E-state index contributed by atoms with van der Waals surface area (Å²) in [5.41, 5.74) is 3.58. The maximum Gasteiger partial charge on any atom is 0.223 e. The molecular weight excluding hydrogens is 398 g/mol. The number of aromatic nitrogens is 2. The minimum absolute atomic E-state index is 0.107. The molecule has 4 aromatic rings. The molecule has 0 aliphatic carbocycles. The van der Waals surface area contributed by atoms with Crippen molar-refractivity contribution in [2.45, 2.75) is 20.1 Å². The number of hydrogen-bond donors (Lipinski definition) is 1. The van der Waals surface area contributed by atoms with Gasteiger partial charge in [0.05, 0.1) is 11.2 Å². The van der Waals surface area contributed by atoms with E-state index >= 15 is 0 Å². The Labute approximate surface area is 179 Å². The summed E-state index contributed by atoms with van der Waals surface area (Å²) in [7, 11) is 0. The number of fused-ring (bicyclic) bond motifs is 1. The minimum Gasteiger partial charge on any atom is -0.483 e. The summed E-state index contributed by atoms with van der Waals surface area (Å²) in [6.07, 6.45) is 3.57. The lowest BCUT2D eigenvalue weighted by molar-refractivity contribution is 0.297. The van der Waals surface area contributed by atoms with E-state index in [-0.39, 0.29) is 5.43 Å². The van der Waals surface area contributed by atoms with Crippen LogP contribution in [-0.4, -0.2) is 16.1 Å². The average Bonchev–Trinajstić information content (AvgIpc) is 2.76. The molecule has 4 rings (SSSR count). The van der Waals surface area contributed by atoms with Gasteiger partial charge in [-0.3, -0.25) is 9.78 Å². The van der Waals surface area contributed by atoms with E-state index in [4.69, 9.17) is 16.3 Å². The summed E-state index contributed by atoms with van der Waals surface area (Å²) in [5.74, 6) is 0.394. The molecule has 0 unspecified atom stereocenters. The molecule has 0 aliphatic heterocycles. The minimum atomic E-state index is -0.107. The molecule has 0 fully saturated rings. The molecule has 0 saturated heterocycles. The summed E-state index contributed by atoms with van der Waals surface area (Å²) in [6.45, 7) is 3.64. The fraction of sp³-hybridized carbons (Fsp3) is 0.167. The first-order valence-electron chi connectivity index (χ1n) is 9.77. The van der Waals surface area contributed by atoms with E-state index in [1.807, 2.05) is 66.1 Å². The highest BCUT2D eigenvalue weighted by Crippen LogP contribution is 2.24. The summed E-state index contributed by atoms with van der Waals surface area (Å²) in [6, 6.07) is 19.0. The summed E-state index contributed by atoms with van der Waals surface area (Å²) in [5, 5.41) is 5.14. The summed E-state index contributed by atoms with van der Waals surface area (Å²) in [4.78, 5) is 16.7. The van der Waals surface area contributed by atoms with E-state index in [9.17, 15) is 4.79 Å². The molecule has 2 aromatic carbocycles. The first-order valence-corrected chi connectivity index (χ1v) is 10.1. The number of benzene rings is 2. The number of hydrogen-bond acceptors (Lipinski definition) is 4. The first kappa shape index (κ1) is 20.0. The quantitative estimate of drug-likeness (QED) is 0.455. The lowest BCUT2D eigenvalue weighted by Crippen LogP contribution is -2.18. The molecule has 0 saturated carbocycles. The fourth-order valence-corrected chi connectivity index (χ4v) is 3.55. The van der Waals surface area contributed by atoms with Gasteiger partial charge in [-0.1, -0.05) is 41.9 Å². The molecule has 0 spiro atoms. The Morgan fingerprint density at radius 3 is 2.77 bits per heavy atom. The van der Waals surface area contributed by atoms with Crippen LogP contribution < -0.4 is 15.5 Å². The van der Waals surface area contributed by atoms with Crippen molar-refractivity contribution in [1.29, 1.82) is 0 Å². The number of nitrogens with zero attached hydrogens (tertiary/aromatic N) is 2. The van der Waals surface area contributed by atoms with Crippen LogP contribution in [0.4, 0.5) is 5.69 Å². The van der Waals surface area contributed by atoms with Crippen LogP contribution in [0.2, 0.25) is 5.02 Å². The summed E-state index contributed by atoms with van der Waals surface area (Å²) < 4.78 is 7.88. The van der Waals surface area contributed by atoms with Crippen LogP contribution in [0.1, 0.15) is 11.3 Å². The van der Waals surface area contributed by atoms with Gasteiger partial charge in [-0.15, -0.1) is 0 Å². The number of halogens is 1. The Bertz CT molecular complexity index is 1220. The topological polar surface area (TPSA) is 56.1 Å². The third-order valence-electron chi connectivity index (χ3n) is 4.99. The van der Waals surface area contributed by atoms with Gasteiger partial charge in [-0.05, 0) is 36.8 Å². The van der Waals surface area contributed by atoms with Gasteiger partial charge in [0.1, 0.15) is 6.61 Å². The Hall–Kier alpha value is -3.31. The second-order valence-corrected chi connectivity index (χ2v) is 7.45. The van der Waals surface area contributed by atoms with Gasteiger partial charge in [0.25, 0.3) is 0 Å². The third-order valence-corrected chi connectivity index (χ3v) is 5.22. The van der Waals surface area contributed by atoms with Crippen molar-refractivity contribution in [3.8, 4) is 5.75 Å². The molecule has 5 nitrogen and oxygen atoms in total. The van der Waals surface area contributed by atoms with E-state index in [2.05, 4.69) is 10.3 Å². The van der Waals surface area contributed by atoms with Crippen molar-refractivity contribution in [2.75, 3.05) is 11.9 Å². The van der Waals surface area contributed by atoms with Crippen LogP contribution >= 0.6 is 11.6 Å². The van der Waals surface area contributed by atoms with E-state index in [0.29, 0.717) is 30.5 Å². The smallest absolute Gasteiger partial charge is 0.223 e. The highest BCUT2D eigenvalue weighted by atomic mass is 35.5. The van der Waals surface area contributed by atoms with Gasteiger partial charge in [-0.2, -0.15) is 0 Å². The SMILES string of the molecule is Cc1c(OCc2ccccc2)c(=O)ccn1CCNc1ccnc2cc(Cl)ccc12. The van der Waals surface area contributed by atoms with Crippen molar-refractivity contribution in [3.63, 3.8) is 0 Å². The van der Waals surface area contributed by atoms with Gasteiger partial charge in [0.2, 0.25) is 5.43 Å². The third kappa shape index (κ3) is 4.47. The molecule has 1 N–H and O–H groups in total. The Morgan fingerprint density at radius 2 is 1.93 bits per heavy atom. The van der Waals surface area contributed by atoms with Crippen LogP contribution in [0.25, 0.3) is 10.9 Å². The standard InChI is InChI=1S/C24H22ClN3O2/c1-17-24(30-16-18-5-3-2-4-6-18)23(29)10-13-28(17)14-12-27-21-9-11-26-22-15-19(25)7-8-20(21)22/h2-11,13,15H,12,14,16H2,1H3,(H,26,27). The van der Waals surface area contributed by atoms with E-state index in [1.54, 1.807) is 18.5 Å². The molecule has 2 aromatic heterocycles. The maximum absolute atomic E-state index is 12.3. The Kier molecular flexibility index (Phi) is 6.00. The van der Waals surface area contributed by atoms with Crippen molar-refractivity contribution >= 4 is 28.2 Å². The molecular formula is C24H22ClN3O2. The molecule has 0 aliphatic rings. The molecule has 6 heteroatoms. The lowest BCUT2D eigenvalue weighted by Gasteiger charge is -2.16. The van der Waals surface area contributed by atoms with Gasteiger partial charge in [0, 0.05) is 47.6 Å². The zero-order chi connectivity index (χ0) is 20.9. The second kappa shape index (κ2) is 9.01. The van der Waals surface area contributed by atoms with Crippen LogP contribution in [0.3, 0.4) is 0 Å². The molecule has 0 bridgehead atoms. The Morgan fingerprint density at radius 1 is 1.10 bits per heavy atom. The number of nitrogens with one attached hydrogen (secondary N) is 1. The largest absolute Gasteiger partial charge is 0.483 e. The highest BCUT2D eigenvalue weighted by Gasteiger charge is 2.09. The zero-order valence-electron chi connectivity index (χ0n) is 16.6. The predicted molar refractivity (Wildman–Crippen MR) is 121 cm³/mol. The summed E-state index contributed by atoms with van der Waals surface area (Å²) >= 11 is 6.06. The lowest BCUT2D eigenvalue weighted by atomic mass is 10.2. The molecule has 0 atom stereocenters. The van der Waals surface area contributed by atoms with Crippen molar-refractivity contribution in [2.24, 2.45) is 0 Å². The highest BCUT2D eigenvalue weighted by molar-refractivity contribution is 6.31. The average molecular weight is 420 g/mol. The van der Waals surface area contributed by atoms with Crippen molar-refractivity contribution < 1.29 is 4.74 Å². The van der Waals surface area contributed by atoms with Gasteiger partial charge < -0.3 is 14.6 Å². The van der Waals surface area contributed by atoms with E-state index in [1.165, 1.54) is 0 Å². The maximum atomic E-state index is 12.3. The second-order valence-electron chi connectivity index (χ2n) is 7.01. The monoisotopic (exact) mass is 419 g/mol. The van der Waals surface area contributed by atoms with E-state index < -0.39 is 0 Å². The Balaban J connectivity index is 1.46. The molecule has 152 valence electrons. The number of pyridine rings is 2. The van der Waals surface area contributed by atoms with Crippen LogP contribution in [0, 0.1) is 6.92 Å². The van der Waals surface area contributed by atoms with Gasteiger partial charge >= 0.3 is 0 Å². The molecule has 30 heavy (non-hydrogen) atoms. The van der Waals surface area contributed by atoms with Gasteiger partial charge in [-0.25, -0.2) is 0 Å². The van der Waals surface area contributed by atoms with Crippen LogP contribution in [-0.2, 0) is 13.2 Å². The molecule has 2 heterocycles. The fourth-order valence-electron chi connectivity index (χ4n) is 3.39. The first-order chi connectivity index (χ1) is 14.6. The van der Waals surface area contributed by atoms with Crippen molar-refractivity contribution in [1.82, 2.24) is 9.55 Å². The zero-order valence-corrected chi connectivity index (χ0v) is 17.4. The van der Waals surface area contributed by atoms with Crippen molar-refractivity contribution in [3.05, 3.63) is 99.6 Å². The normalized spacial score (nSPS) is 10.9. The number of ether oxygens (including phenoxy) is 1. The van der Waals surface area contributed by atoms with Gasteiger partial charge in [0.15, 0.2) is 5.75 Å². The van der Waals surface area contributed by atoms with Crippen LogP contribution in [0.15, 0.2) is 77.9 Å². The predicted octanol–water partition coefficient (Wildman–Crippen LogP) is 5.05. The number of rotatable bonds is 7. The number of anilines is 1. The molecule has 0 radical (unpaired) electrons. The van der Waals surface area contributed by atoms with Crippen LogP contribution in [0.5, 0.6) is 5.75 Å². The van der Waals surface area contributed by atoms with E-state index in [0.717, 1.165) is 27.8 Å². The molecule has 0 amide bonds.